The molecule has 0 bridgehead atoms. The van der Waals surface area contributed by atoms with Gasteiger partial charge in [-0.25, -0.2) is 0 Å². The highest BCUT2D eigenvalue weighted by atomic mass is 16.3. The molecule has 1 aromatic carbocycles. The number of carbonyl (C=O) groups excluding carboxylic acids is 3. The molecule has 0 aromatic heterocycles. The van der Waals surface area contributed by atoms with E-state index in [-0.39, 0.29) is 23.7 Å². The maximum absolute atomic E-state index is 12.1. The van der Waals surface area contributed by atoms with Gasteiger partial charge in [0.25, 0.3) is 5.91 Å². The minimum atomic E-state index is -0.267. The molecule has 0 radical (unpaired) electrons. The molecular weight excluding hydrogens is 342 g/mol. The topological polar surface area (TPSA) is 74.7 Å². The Morgan fingerprint density at radius 2 is 1.78 bits per heavy atom. The number of imide groups is 1. The van der Waals surface area contributed by atoms with Crippen LogP contribution in [0.2, 0.25) is 0 Å². The van der Waals surface area contributed by atoms with E-state index in [9.17, 15) is 19.5 Å². The Labute approximate surface area is 161 Å². The molecule has 0 saturated carbocycles. The Morgan fingerprint density at radius 1 is 1.07 bits per heavy atom. The molecule has 1 aromatic rings. The Hall–Kier alpha value is -2.01. The number of ketones is 1. The van der Waals surface area contributed by atoms with Crippen molar-refractivity contribution in [1.29, 1.82) is 0 Å². The van der Waals surface area contributed by atoms with E-state index >= 15 is 0 Å². The summed E-state index contributed by atoms with van der Waals surface area (Å²) >= 11 is 0. The van der Waals surface area contributed by atoms with Gasteiger partial charge >= 0.3 is 0 Å². The van der Waals surface area contributed by atoms with Crippen LogP contribution in [0.25, 0.3) is 0 Å². The summed E-state index contributed by atoms with van der Waals surface area (Å²) in [5.74, 6) is -0.0417. The third-order valence-corrected chi connectivity index (χ3v) is 5.08. The van der Waals surface area contributed by atoms with E-state index in [0.717, 1.165) is 44.1 Å². The van der Waals surface area contributed by atoms with Crippen LogP contribution < -0.4 is 0 Å². The molecule has 5 heteroatoms. The number of rotatable bonds is 12. The molecule has 27 heavy (non-hydrogen) atoms. The van der Waals surface area contributed by atoms with Crippen molar-refractivity contribution >= 4 is 17.6 Å². The molecule has 2 amide bonds. The van der Waals surface area contributed by atoms with Crippen molar-refractivity contribution in [2.45, 2.75) is 77.2 Å². The average molecular weight is 373 g/mol. The Bertz CT molecular complexity index is 638. The Balaban J connectivity index is 1.60. The van der Waals surface area contributed by atoms with Crippen LogP contribution in [0.4, 0.5) is 0 Å². The van der Waals surface area contributed by atoms with Gasteiger partial charge < -0.3 is 5.11 Å². The molecule has 1 heterocycles. The highest BCUT2D eigenvalue weighted by Gasteiger charge is 2.30. The lowest BCUT2D eigenvalue weighted by atomic mass is 10.0. The van der Waals surface area contributed by atoms with Crippen molar-refractivity contribution in [3.63, 3.8) is 0 Å². The minimum absolute atomic E-state index is 0.103. The number of carbonyl (C=O) groups is 3. The molecule has 5 nitrogen and oxygen atoms in total. The van der Waals surface area contributed by atoms with Crippen molar-refractivity contribution in [3.05, 3.63) is 35.4 Å². The van der Waals surface area contributed by atoms with Gasteiger partial charge in [0.15, 0.2) is 0 Å². The largest absolute Gasteiger partial charge is 0.393 e. The molecule has 1 aliphatic heterocycles. The smallest absolute Gasteiger partial charge is 0.260 e. The Kier molecular flexibility index (Phi) is 8.65. The second-order valence-electron chi connectivity index (χ2n) is 7.38. The number of unbranched alkanes of at least 4 members (excludes halogenated alkanes) is 1. The van der Waals surface area contributed by atoms with Gasteiger partial charge in [-0.3, -0.25) is 19.3 Å². The summed E-state index contributed by atoms with van der Waals surface area (Å²) in [6, 6.07) is 7.40. The number of likely N-dealkylation sites (tertiary alicyclic amines) is 1. The number of aliphatic hydroxyl groups excluding tert-OH is 1. The third-order valence-electron chi connectivity index (χ3n) is 5.08. The number of nitrogens with zero attached hydrogens (tertiary/aromatic N) is 1. The summed E-state index contributed by atoms with van der Waals surface area (Å²) in [7, 11) is 0. The van der Waals surface area contributed by atoms with Crippen LogP contribution in [-0.4, -0.2) is 40.3 Å². The number of aryl methyl sites for hydroxylation is 1. The van der Waals surface area contributed by atoms with Crippen LogP contribution in [-0.2, 0) is 16.0 Å². The maximum atomic E-state index is 12.1. The standard InChI is InChI=1S/C22H31NO4/c1-2-6-19(24)9-5-10-20(25)8-4-3-7-17-11-13-18(14-12-17)22(27)23-16-15-21(23)26/h11-14,19,24H,2-10,15-16H2,1H3/t19-/m0/s1. The fourth-order valence-corrected chi connectivity index (χ4v) is 3.29. The number of Topliss-reactive ketones (excluding diaryl/α,β-unsaturated/α-hetero) is 1. The van der Waals surface area contributed by atoms with Crippen LogP contribution in [0.5, 0.6) is 0 Å². The molecular formula is C22H31NO4. The Morgan fingerprint density at radius 3 is 2.37 bits per heavy atom. The summed E-state index contributed by atoms with van der Waals surface area (Å²) < 4.78 is 0. The van der Waals surface area contributed by atoms with Crippen LogP contribution in [0.1, 0.15) is 80.6 Å². The molecule has 148 valence electrons. The van der Waals surface area contributed by atoms with Gasteiger partial charge in [-0.05, 0) is 56.2 Å². The molecule has 1 N–H and O–H groups in total. The highest BCUT2D eigenvalue weighted by Crippen LogP contribution is 2.16. The van der Waals surface area contributed by atoms with Crippen molar-refractivity contribution in [2.75, 3.05) is 6.54 Å². The van der Waals surface area contributed by atoms with E-state index in [4.69, 9.17) is 0 Å². The maximum Gasteiger partial charge on any atom is 0.260 e. The summed E-state index contributed by atoms with van der Waals surface area (Å²) in [5.41, 5.74) is 1.68. The number of aliphatic hydroxyl groups is 1. The molecule has 1 fully saturated rings. The zero-order valence-corrected chi connectivity index (χ0v) is 16.3. The SMILES string of the molecule is CCC[C@H](O)CCCC(=O)CCCCc1ccc(C(=O)N2CCC2=O)cc1. The summed E-state index contributed by atoms with van der Waals surface area (Å²) in [5, 5.41) is 9.66. The van der Waals surface area contributed by atoms with Gasteiger partial charge in [0.2, 0.25) is 5.91 Å². The van der Waals surface area contributed by atoms with E-state index in [0.29, 0.717) is 37.8 Å². The van der Waals surface area contributed by atoms with Crippen molar-refractivity contribution < 1.29 is 19.5 Å². The number of β-lactam (4-membered cyclic amide) rings is 1. The lowest BCUT2D eigenvalue weighted by Crippen LogP contribution is -2.47. The fourth-order valence-electron chi connectivity index (χ4n) is 3.29. The monoisotopic (exact) mass is 373 g/mol. The zero-order valence-electron chi connectivity index (χ0n) is 16.3. The van der Waals surface area contributed by atoms with Gasteiger partial charge in [-0.2, -0.15) is 0 Å². The first-order valence-corrected chi connectivity index (χ1v) is 10.1. The van der Waals surface area contributed by atoms with Crippen LogP contribution in [0.3, 0.4) is 0 Å². The van der Waals surface area contributed by atoms with Crippen molar-refractivity contribution in [2.24, 2.45) is 0 Å². The van der Waals surface area contributed by atoms with Gasteiger partial charge in [0.1, 0.15) is 5.78 Å². The van der Waals surface area contributed by atoms with E-state index < -0.39 is 0 Å². The third kappa shape index (κ3) is 6.90. The van der Waals surface area contributed by atoms with Crippen LogP contribution >= 0.6 is 0 Å². The molecule has 0 spiro atoms. The summed E-state index contributed by atoms with van der Waals surface area (Å²) in [6.45, 7) is 2.57. The molecule has 1 saturated heterocycles. The van der Waals surface area contributed by atoms with Crippen LogP contribution in [0, 0.1) is 0 Å². The van der Waals surface area contributed by atoms with Crippen LogP contribution in [0.15, 0.2) is 24.3 Å². The molecule has 1 aliphatic rings. The molecule has 0 aliphatic carbocycles. The second-order valence-corrected chi connectivity index (χ2v) is 7.38. The summed E-state index contributed by atoms with van der Waals surface area (Å²) in [4.78, 5) is 36.6. The van der Waals surface area contributed by atoms with Gasteiger partial charge in [0, 0.05) is 31.4 Å². The van der Waals surface area contributed by atoms with Gasteiger partial charge in [-0.15, -0.1) is 0 Å². The van der Waals surface area contributed by atoms with E-state index in [2.05, 4.69) is 0 Å². The summed E-state index contributed by atoms with van der Waals surface area (Å²) in [6.07, 6.45) is 7.29. The first-order chi connectivity index (χ1) is 13.0. The lowest BCUT2D eigenvalue weighted by molar-refractivity contribution is -0.136. The first kappa shape index (κ1) is 21.3. The van der Waals surface area contributed by atoms with Gasteiger partial charge in [0.05, 0.1) is 6.10 Å². The van der Waals surface area contributed by atoms with Crippen molar-refractivity contribution in [3.8, 4) is 0 Å². The molecule has 1 atom stereocenters. The fraction of sp³-hybridized carbons (Fsp3) is 0.591. The quantitative estimate of drug-likeness (QED) is 0.345. The van der Waals surface area contributed by atoms with Crippen molar-refractivity contribution in [1.82, 2.24) is 4.90 Å². The van der Waals surface area contributed by atoms with E-state index in [1.807, 2.05) is 19.1 Å². The lowest BCUT2D eigenvalue weighted by Gasteiger charge is -2.28. The molecule has 2 rings (SSSR count). The normalized spacial score (nSPS) is 14.7. The number of benzene rings is 1. The zero-order chi connectivity index (χ0) is 19.6. The average Bonchev–Trinajstić information content (AvgIpc) is 2.64. The van der Waals surface area contributed by atoms with Gasteiger partial charge in [-0.1, -0.05) is 25.5 Å². The number of hydrogen-bond donors (Lipinski definition) is 1. The predicted octanol–water partition coefficient (Wildman–Crippen LogP) is 3.67. The molecule has 0 unspecified atom stereocenters. The second kappa shape index (κ2) is 11.0. The van der Waals surface area contributed by atoms with E-state index in [1.165, 1.54) is 4.90 Å². The number of amides is 2. The minimum Gasteiger partial charge on any atom is -0.393 e. The van der Waals surface area contributed by atoms with E-state index in [1.54, 1.807) is 12.1 Å². The number of hydrogen-bond acceptors (Lipinski definition) is 4. The predicted molar refractivity (Wildman–Crippen MR) is 104 cm³/mol. The first-order valence-electron chi connectivity index (χ1n) is 10.1. The highest BCUT2D eigenvalue weighted by molar-refractivity contribution is 6.07.